The lowest BCUT2D eigenvalue weighted by Gasteiger charge is -2.17. The number of nitrogens with two attached hydrogens (primary N) is 1. The lowest BCUT2D eigenvalue weighted by Crippen LogP contribution is -2.26. The van der Waals surface area contributed by atoms with Gasteiger partial charge in [0, 0.05) is 24.2 Å². The van der Waals surface area contributed by atoms with Crippen molar-refractivity contribution < 1.29 is 8.78 Å². The summed E-state index contributed by atoms with van der Waals surface area (Å²) in [4.78, 5) is 1.85. The number of halogens is 2. The molecule has 1 atom stereocenters. The molecule has 0 amide bonds. The smallest absolute Gasteiger partial charge is 0.130 e. The third-order valence-corrected chi connectivity index (χ3v) is 1.92. The number of hydrogen-bond donors (Lipinski definition) is 1. The minimum Gasteiger partial charge on any atom is -0.323 e. The van der Waals surface area contributed by atoms with Gasteiger partial charge in [-0.2, -0.15) is 0 Å². The molecular formula is C10H14F2N2. The summed E-state index contributed by atoms with van der Waals surface area (Å²) in [5, 5.41) is 0. The van der Waals surface area contributed by atoms with Crippen molar-refractivity contribution in [3.63, 3.8) is 0 Å². The zero-order valence-electron chi connectivity index (χ0n) is 8.30. The molecular weight excluding hydrogens is 186 g/mol. The van der Waals surface area contributed by atoms with Crippen LogP contribution in [0.4, 0.5) is 8.78 Å². The van der Waals surface area contributed by atoms with Crippen LogP contribution in [0.25, 0.3) is 0 Å². The van der Waals surface area contributed by atoms with Gasteiger partial charge < -0.3 is 10.6 Å². The van der Waals surface area contributed by atoms with Crippen molar-refractivity contribution in [1.29, 1.82) is 0 Å². The topological polar surface area (TPSA) is 29.3 Å². The highest BCUT2D eigenvalue weighted by Crippen LogP contribution is 2.16. The van der Waals surface area contributed by atoms with Crippen molar-refractivity contribution in [3.8, 4) is 0 Å². The average molecular weight is 200 g/mol. The third-order valence-electron chi connectivity index (χ3n) is 1.92. The maximum Gasteiger partial charge on any atom is 0.130 e. The average Bonchev–Trinajstić information content (AvgIpc) is 2.01. The Morgan fingerprint density at radius 1 is 1.36 bits per heavy atom. The monoisotopic (exact) mass is 200 g/mol. The van der Waals surface area contributed by atoms with Crippen molar-refractivity contribution in [1.82, 2.24) is 4.90 Å². The normalized spacial score (nSPS) is 13.3. The molecule has 14 heavy (non-hydrogen) atoms. The van der Waals surface area contributed by atoms with Gasteiger partial charge in [-0.15, -0.1) is 0 Å². The van der Waals surface area contributed by atoms with Gasteiger partial charge in [0.25, 0.3) is 0 Å². The van der Waals surface area contributed by atoms with E-state index in [-0.39, 0.29) is 0 Å². The highest BCUT2D eigenvalue weighted by molar-refractivity contribution is 5.22. The van der Waals surface area contributed by atoms with E-state index in [1.165, 1.54) is 12.1 Å². The molecule has 0 unspecified atom stereocenters. The molecule has 0 aliphatic rings. The van der Waals surface area contributed by atoms with Gasteiger partial charge in [-0.05, 0) is 20.2 Å². The van der Waals surface area contributed by atoms with E-state index in [9.17, 15) is 8.78 Å². The summed E-state index contributed by atoms with van der Waals surface area (Å²) in [6.45, 7) is 0.530. The predicted molar refractivity (Wildman–Crippen MR) is 51.8 cm³/mol. The highest BCUT2D eigenvalue weighted by atomic mass is 19.1. The second-order valence-corrected chi connectivity index (χ2v) is 3.53. The number of likely N-dealkylation sites (N-methyl/N-ethyl adjacent to an activating group) is 1. The largest absolute Gasteiger partial charge is 0.323 e. The molecule has 0 saturated heterocycles. The third kappa shape index (κ3) is 2.75. The molecule has 1 aromatic carbocycles. The Morgan fingerprint density at radius 2 is 2.00 bits per heavy atom. The molecule has 1 rings (SSSR count). The van der Waals surface area contributed by atoms with Gasteiger partial charge in [0.2, 0.25) is 0 Å². The summed E-state index contributed by atoms with van der Waals surface area (Å²) < 4.78 is 25.8. The van der Waals surface area contributed by atoms with Crippen LogP contribution in [0.15, 0.2) is 18.2 Å². The van der Waals surface area contributed by atoms with Crippen LogP contribution in [0.3, 0.4) is 0 Å². The molecule has 0 aliphatic heterocycles. The van der Waals surface area contributed by atoms with Crippen LogP contribution in [0, 0.1) is 11.6 Å². The molecule has 0 aliphatic carbocycles. The Bertz CT molecular complexity index is 313. The molecule has 0 fully saturated rings. The Hall–Kier alpha value is -1.00. The van der Waals surface area contributed by atoms with E-state index in [2.05, 4.69) is 0 Å². The predicted octanol–water partition coefficient (Wildman–Crippen LogP) is 1.53. The zero-order valence-corrected chi connectivity index (χ0v) is 8.30. The first kappa shape index (κ1) is 11.1. The molecule has 0 saturated carbocycles. The number of rotatable bonds is 3. The first-order valence-corrected chi connectivity index (χ1v) is 4.36. The minimum absolute atomic E-state index is 0.347. The molecule has 1 aromatic rings. The van der Waals surface area contributed by atoms with E-state index < -0.39 is 17.7 Å². The van der Waals surface area contributed by atoms with E-state index in [0.717, 1.165) is 6.07 Å². The fraction of sp³-hybridized carbons (Fsp3) is 0.400. The molecule has 0 bridgehead atoms. The minimum atomic E-state index is -0.584. The molecule has 0 radical (unpaired) electrons. The Morgan fingerprint density at radius 3 is 2.50 bits per heavy atom. The van der Waals surface area contributed by atoms with Crippen molar-refractivity contribution >= 4 is 0 Å². The maximum absolute atomic E-state index is 13.2. The Labute approximate surface area is 82.3 Å². The standard InChI is InChI=1S/C10H14F2N2/c1-14(2)6-10(13)8-4-3-7(11)5-9(8)12/h3-5,10H,6,13H2,1-2H3/t10-/m1/s1. The quantitative estimate of drug-likeness (QED) is 0.801. The summed E-state index contributed by atoms with van der Waals surface area (Å²) >= 11 is 0. The highest BCUT2D eigenvalue weighted by Gasteiger charge is 2.12. The molecule has 78 valence electrons. The van der Waals surface area contributed by atoms with Gasteiger partial charge in [-0.25, -0.2) is 8.78 Å². The van der Waals surface area contributed by atoms with Crippen LogP contribution in [0.5, 0.6) is 0 Å². The van der Waals surface area contributed by atoms with E-state index >= 15 is 0 Å². The van der Waals surface area contributed by atoms with Crippen molar-refractivity contribution in [3.05, 3.63) is 35.4 Å². The molecule has 4 heteroatoms. The van der Waals surface area contributed by atoms with E-state index in [4.69, 9.17) is 5.73 Å². The summed E-state index contributed by atoms with van der Waals surface area (Å²) in [6, 6.07) is 3.03. The second-order valence-electron chi connectivity index (χ2n) is 3.53. The Kier molecular flexibility index (Phi) is 3.55. The van der Waals surface area contributed by atoms with Crippen LogP contribution in [0.1, 0.15) is 11.6 Å². The van der Waals surface area contributed by atoms with Gasteiger partial charge in [0.05, 0.1) is 0 Å². The number of hydrogen-bond acceptors (Lipinski definition) is 2. The fourth-order valence-electron chi connectivity index (χ4n) is 1.29. The van der Waals surface area contributed by atoms with Gasteiger partial charge in [-0.3, -0.25) is 0 Å². The fourth-order valence-corrected chi connectivity index (χ4v) is 1.29. The Balaban J connectivity index is 2.84. The number of benzene rings is 1. The molecule has 0 heterocycles. The van der Waals surface area contributed by atoms with Gasteiger partial charge >= 0.3 is 0 Å². The SMILES string of the molecule is CN(C)C[C@@H](N)c1ccc(F)cc1F. The first-order valence-electron chi connectivity index (χ1n) is 4.36. The van der Waals surface area contributed by atoms with Crippen LogP contribution in [-0.4, -0.2) is 25.5 Å². The van der Waals surface area contributed by atoms with E-state index in [0.29, 0.717) is 12.1 Å². The van der Waals surface area contributed by atoms with Crippen molar-refractivity contribution in [2.75, 3.05) is 20.6 Å². The summed E-state index contributed by atoms with van der Waals surface area (Å²) in [5.41, 5.74) is 6.09. The second kappa shape index (κ2) is 4.48. The zero-order chi connectivity index (χ0) is 10.7. The lowest BCUT2D eigenvalue weighted by atomic mass is 10.1. The first-order chi connectivity index (χ1) is 6.50. The van der Waals surface area contributed by atoms with Crippen LogP contribution < -0.4 is 5.73 Å². The van der Waals surface area contributed by atoms with Crippen molar-refractivity contribution in [2.24, 2.45) is 5.73 Å². The van der Waals surface area contributed by atoms with E-state index in [1.54, 1.807) is 0 Å². The summed E-state index contributed by atoms with van der Waals surface area (Å²) in [6.07, 6.45) is 0. The van der Waals surface area contributed by atoms with Crippen LogP contribution >= 0.6 is 0 Å². The van der Waals surface area contributed by atoms with Gasteiger partial charge in [0.15, 0.2) is 0 Å². The van der Waals surface area contributed by atoms with Crippen LogP contribution in [0.2, 0.25) is 0 Å². The molecule has 0 aromatic heterocycles. The lowest BCUT2D eigenvalue weighted by molar-refractivity contribution is 0.371. The summed E-state index contributed by atoms with van der Waals surface area (Å²) in [5.74, 6) is -1.16. The van der Waals surface area contributed by atoms with E-state index in [1.807, 2.05) is 19.0 Å². The molecule has 2 N–H and O–H groups in total. The van der Waals surface area contributed by atoms with Crippen LogP contribution in [-0.2, 0) is 0 Å². The maximum atomic E-state index is 13.2. The van der Waals surface area contributed by atoms with Gasteiger partial charge in [-0.1, -0.05) is 6.07 Å². The summed E-state index contributed by atoms with van der Waals surface area (Å²) in [7, 11) is 3.70. The molecule has 0 spiro atoms. The van der Waals surface area contributed by atoms with Crippen molar-refractivity contribution in [2.45, 2.75) is 6.04 Å². The molecule has 2 nitrogen and oxygen atoms in total. The van der Waals surface area contributed by atoms with Gasteiger partial charge in [0.1, 0.15) is 11.6 Å². The number of nitrogens with zero attached hydrogens (tertiary/aromatic N) is 1.